The molecule has 1 saturated heterocycles. The Kier molecular flexibility index (Phi) is 5.04. The van der Waals surface area contributed by atoms with Crippen molar-refractivity contribution < 1.29 is 22.6 Å². The fourth-order valence-corrected chi connectivity index (χ4v) is 3.56. The minimum atomic E-state index is -3.65. The molecule has 7 nitrogen and oxygen atoms in total. The zero-order valence-corrected chi connectivity index (χ0v) is 12.9. The van der Waals surface area contributed by atoms with E-state index in [1.807, 2.05) is 0 Å². The van der Waals surface area contributed by atoms with Gasteiger partial charge in [-0.25, -0.2) is 13.1 Å². The molecule has 21 heavy (non-hydrogen) atoms. The van der Waals surface area contributed by atoms with Crippen molar-refractivity contribution in [3.05, 3.63) is 17.7 Å². The van der Waals surface area contributed by atoms with Crippen molar-refractivity contribution >= 4 is 10.0 Å². The van der Waals surface area contributed by atoms with Gasteiger partial charge in [-0.1, -0.05) is 0 Å². The van der Waals surface area contributed by atoms with Crippen LogP contribution in [-0.4, -0.2) is 41.9 Å². The van der Waals surface area contributed by atoms with Crippen LogP contribution in [0.1, 0.15) is 12.0 Å². The summed E-state index contributed by atoms with van der Waals surface area (Å²) in [5, 5.41) is 0. The number of sulfonamides is 1. The van der Waals surface area contributed by atoms with Crippen LogP contribution < -0.4 is 19.9 Å². The molecule has 0 saturated carbocycles. The summed E-state index contributed by atoms with van der Waals surface area (Å²) in [7, 11) is -0.718. The zero-order chi connectivity index (χ0) is 15.5. The monoisotopic (exact) mass is 316 g/mol. The van der Waals surface area contributed by atoms with E-state index in [0.29, 0.717) is 36.7 Å². The molecule has 0 spiro atoms. The van der Waals surface area contributed by atoms with E-state index < -0.39 is 10.0 Å². The van der Waals surface area contributed by atoms with Gasteiger partial charge in [0.15, 0.2) is 11.5 Å². The minimum absolute atomic E-state index is 0.104. The quantitative estimate of drug-likeness (QED) is 0.779. The van der Waals surface area contributed by atoms with Crippen molar-refractivity contribution in [1.29, 1.82) is 0 Å². The van der Waals surface area contributed by atoms with Gasteiger partial charge in [0.1, 0.15) is 0 Å². The first-order chi connectivity index (χ1) is 10.0. The molecular formula is C13H20N2O5S. The van der Waals surface area contributed by atoms with Gasteiger partial charge in [0.25, 0.3) is 0 Å². The summed E-state index contributed by atoms with van der Waals surface area (Å²) >= 11 is 0. The maximum atomic E-state index is 12.4. The molecule has 0 aromatic heterocycles. The number of ether oxygens (including phenoxy) is 3. The Hall–Kier alpha value is -1.35. The maximum Gasteiger partial charge on any atom is 0.241 e. The van der Waals surface area contributed by atoms with Gasteiger partial charge in [0.2, 0.25) is 10.0 Å². The Balaban J connectivity index is 2.38. The van der Waals surface area contributed by atoms with Gasteiger partial charge in [-0.15, -0.1) is 0 Å². The van der Waals surface area contributed by atoms with Gasteiger partial charge in [0, 0.05) is 30.8 Å². The summed E-state index contributed by atoms with van der Waals surface area (Å²) < 4.78 is 43.0. The summed E-state index contributed by atoms with van der Waals surface area (Å²) in [6, 6.07) is 2.72. The van der Waals surface area contributed by atoms with Crippen LogP contribution in [-0.2, 0) is 21.3 Å². The van der Waals surface area contributed by atoms with E-state index in [4.69, 9.17) is 19.9 Å². The fourth-order valence-electron chi connectivity index (χ4n) is 2.24. The highest BCUT2D eigenvalue weighted by atomic mass is 32.2. The molecule has 1 atom stereocenters. The van der Waals surface area contributed by atoms with E-state index in [2.05, 4.69) is 4.72 Å². The zero-order valence-electron chi connectivity index (χ0n) is 12.1. The largest absolute Gasteiger partial charge is 0.493 e. The highest BCUT2D eigenvalue weighted by molar-refractivity contribution is 7.89. The third-order valence-corrected chi connectivity index (χ3v) is 4.81. The molecule has 1 aromatic rings. The lowest BCUT2D eigenvalue weighted by atomic mass is 10.2. The lowest BCUT2D eigenvalue weighted by Gasteiger charge is -2.16. The van der Waals surface area contributed by atoms with Crippen molar-refractivity contribution in [1.82, 2.24) is 4.72 Å². The normalized spacial score (nSPS) is 18.7. The molecule has 0 aliphatic carbocycles. The third kappa shape index (κ3) is 3.46. The average Bonchev–Trinajstić information content (AvgIpc) is 2.97. The van der Waals surface area contributed by atoms with Crippen molar-refractivity contribution in [2.45, 2.75) is 23.9 Å². The Labute approximate surface area is 124 Å². The molecule has 1 aliphatic heterocycles. The van der Waals surface area contributed by atoms with E-state index in [-0.39, 0.29) is 17.5 Å². The van der Waals surface area contributed by atoms with Gasteiger partial charge in [0.05, 0.1) is 25.7 Å². The second-order valence-corrected chi connectivity index (χ2v) is 6.42. The van der Waals surface area contributed by atoms with E-state index in [9.17, 15) is 8.42 Å². The summed E-state index contributed by atoms with van der Waals surface area (Å²) in [6.07, 6.45) is 0.663. The topological polar surface area (TPSA) is 99.9 Å². The first kappa shape index (κ1) is 16.0. The first-order valence-electron chi connectivity index (χ1n) is 6.57. The average molecular weight is 316 g/mol. The molecule has 0 amide bonds. The molecule has 1 unspecified atom stereocenters. The van der Waals surface area contributed by atoms with Crippen LogP contribution in [0.5, 0.6) is 11.5 Å². The van der Waals surface area contributed by atoms with Crippen LogP contribution >= 0.6 is 0 Å². The summed E-state index contributed by atoms with van der Waals surface area (Å²) in [5.74, 6) is 0.784. The Morgan fingerprint density at radius 2 is 2.14 bits per heavy atom. The van der Waals surface area contributed by atoms with Crippen LogP contribution in [0, 0.1) is 0 Å². The lowest BCUT2D eigenvalue weighted by Crippen LogP contribution is -2.35. The Morgan fingerprint density at radius 3 is 2.67 bits per heavy atom. The van der Waals surface area contributed by atoms with Crippen LogP contribution in [0.15, 0.2) is 17.0 Å². The molecule has 2 rings (SSSR count). The maximum absolute atomic E-state index is 12.4. The van der Waals surface area contributed by atoms with Gasteiger partial charge in [-0.05, 0) is 12.5 Å². The second-order valence-electron chi connectivity index (χ2n) is 4.70. The number of hydrogen-bond acceptors (Lipinski definition) is 6. The van der Waals surface area contributed by atoms with E-state index in [1.165, 1.54) is 26.4 Å². The number of nitrogens with two attached hydrogens (primary N) is 1. The summed E-state index contributed by atoms with van der Waals surface area (Å²) in [5.41, 5.74) is 6.22. The van der Waals surface area contributed by atoms with E-state index in [1.54, 1.807) is 0 Å². The predicted molar refractivity (Wildman–Crippen MR) is 77.0 cm³/mol. The van der Waals surface area contributed by atoms with Gasteiger partial charge >= 0.3 is 0 Å². The molecule has 3 N–H and O–H groups in total. The Bertz CT molecular complexity index is 572. The van der Waals surface area contributed by atoms with Crippen LogP contribution in [0.4, 0.5) is 0 Å². The van der Waals surface area contributed by atoms with Gasteiger partial charge < -0.3 is 19.9 Å². The SMILES string of the molecule is COc1cc(S(=O)(=O)NC2CCOC2)cc(CN)c1OC. The van der Waals surface area contributed by atoms with Crippen molar-refractivity contribution in [3.63, 3.8) is 0 Å². The number of methoxy groups -OCH3 is 2. The molecule has 1 aromatic carbocycles. The van der Waals surface area contributed by atoms with Crippen LogP contribution in [0.25, 0.3) is 0 Å². The second kappa shape index (κ2) is 6.61. The number of rotatable bonds is 6. The van der Waals surface area contributed by atoms with Crippen molar-refractivity contribution in [2.24, 2.45) is 5.73 Å². The standard InChI is InChI=1S/C13H20N2O5S/c1-18-12-6-11(5-9(7-14)13(12)19-2)21(16,17)15-10-3-4-20-8-10/h5-6,10,15H,3-4,7-8,14H2,1-2H3. The highest BCUT2D eigenvalue weighted by Gasteiger charge is 2.25. The molecule has 1 aliphatic rings. The van der Waals surface area contributed by atoms with Crippen LogP contribution in [0.3, 0.4) is 0 Å². The molecule has 1 fully saturated rings. The number of benzene rings is 1. The lowest BCUT2D eigenvalue weighted by molar-refractivity contribution is 0.192. The molecular weight excluding hydrogens is 296 g/mol. The predicted octanol–water partition coefficient (Wildman–Crippen LogP) is 0.230. The fraction of sp³-hybridized carbons (Fsp3) is 0.538. The van der Waals surface area contributed by atoms with Crippen molar-refractivity contribution in [3.8, 4) is 11.5 Å². The number of hydrogen-bond donors (Lipinski definition) is 2. The molecule has 8 heteroatoms. The summed E-state index contributed by atoms with van der Waals surface area (Å²) in [4.78, 5) is 0.104. The highest BCUT2D eigenvalue weighted by Crippen LogP contribution is 2.34. The van der Waals surface area contributed by atoms with Crippen molar-refractivity contribution in [2.75, 3.05) is 27.4 Å². The van der Waals surface area contributed by atoms with E-state index >= 15 is 0 Å². The molecule has 0 bridgehead atoms. The minimum Gasteiger partial charge on any atom is -0.493 e. The van der Waals surface area contributed by atoms with Crippen LogP contribution in [0.2, 0.25) is 0 Å². The van der Waals surface area contributed by atoms with E-state index in [0.717, 1.165) is 0 Å². The molecule has 118 valence electrons. The van der Waals surface area contributed by atoms with Gasteiger partial charge in [-0.2, -0.15) is 0 Å². The molecule has 1 heterocycles. The summed E-state index contributed by atoms with van der Waals surface area (Å²) in [6.45, 7) is 1.10. The molecule has 0 radical (unpaired) electrons. The van der Waals surface area contributed by atoms with Gasteiger partial charge in [-0.3, -0.25) is 0 Å². The smallest absolute Gasteiger partial charge is 0.241 e. The first-order valence-corrected chi connectivity index (χ1v) is 8.05. The number of nitrogens with one attached hydrogen (secondary N) is 1. The Morgan fingerprint density at radius 1 is 1.38 bits per heavy atom. The third-order valence-electron chi connectivity index (χ3n) is 3.31.